The molecule has 0 aliphatic rings. The van der Waals surface area contributed by atoms with E-state index in [0.717, 1.165) is 27.6 Å². The third-order valence-corrected chi connectivity index (χ3v) is 3.70. The van der Waals surface area contributed by atoms with Gasteiger partial charge >= 0.3 is 19.5 Å². The van der Waals surface area contributed by atoms with E-state index in [4.69, 9.17) is 25.3 Å². The SMILES string of the molecule is Cc1ccc2nc([S-])[nH]c2c1.Cc1cccc2[nH]c([S-])nc12.[Zn+2]. The first kappa shape index (κ1) is 17.8. The van der Waals surface area contributed by atoms with E-state index in [9.17, 15) is 0 Å². The summed E-state index contributed by atoms with van der Waals surface area (Å²) in [4.78, 5) is 14.3. The quantitative estimate of drug-likeness (QED) is 0.355. The van der Waals surface area contributed by atoms with E-state index in [1.54, 1.807) is 0 Å². The molecule has 0 bridgehead atoms. The minimum Gasteiger partial charge on any atom is -0.742 e. The van der Waals surface area contributed by atoms with Gasteiger partial charge in [-0.05, 0) is 53.5 Å². The van der Waals surface area contributed by atoms with Gasteiger partial charge in [0.05, 0.1) is 22.1 Å². The minimum atomic E-state index is 0. The number of fused-ring (bicyclic) bond motifs is 2. The van der Waals surface area contributed by atoms with Crippen molar-refractivity contribution < 1.29 is 19.5 Å². The molecule has 112 valence electrons. The van der Waals surface area contributed by atoms with E-state index < -0.39 is 0 Å². The molecule has 0 aliphatic carbocycles. The molecule has 23 heavy (non-hydrogen) atoms. The number of hydrogen-bond acceptors (Lipinski definition) is 4. The molecule has 0 atom stereocenters. The molecule has 4 aromatic rings. The van der Waals surface area contributed by atoms with Crippen LogP contribution in [0.15, 0.2) is 46.7 Å². The number of aryl methyl sites for hydroxylation is 2. The third kappa shape index (κ3) is 4.05. The predicted octanol–water partition coefficient (Wildman–Crippen LogP) is 3.55. The average molecular weight is 392 g/mol. The van der Waals surface area contributed by atoms with Gasteiger partial charge in [0.1, 0.15) is 0 Å². The van der Waals surface area contributed by atoms with Gasteiger partial charge in [-0.3, -0.25) is 9.97 Å². The smallest absolute Gasteiger partial charge is 0.742 e. The second-order valence-corrected chi connectivity index (χ2v) is 5.85. The number of para-hydroxylation sites is 1. The Morgan fingerprint density at radius 3 is 2.30 bits per heavy atom. The largest absolute Gasteiger partial charge is 2.00 e. The molecule has 0 unspecified atom stereocenters. The first-order valence-corrected chi connectivity index (χ1v) is 7.60. The fourth-order valence-corrected chi connectivity index (χ4v) is 2.66. The first-order chi connectivity index (χ1) is 10.5. The van der Waals surface area contributed by atoms with Crippen molar-refractivity contribution in [1.82, 2.24) is 19.9 Å². The van der Waals surface area contributed by atoms with Crippen molar-refractivity contribution in [2.75, 3.05) is 0 Å². The molecule has 0 aliphatic heterocycles. The van der Waals surface area contributed by atoms with Crippen molar-refractivity contribution >= 4 is 47.3 Å². The Bertz CT molecular complexity index is 945. The summed E-state index contributed by atoms with van der Waals surface area (Å²) in [5.41, 5.74) is 6.36. The van der Waals surface area contributed by atoms with Crippen LogP contribution in [0.3, 0.4) is 0 Å². The van der Waals surface area contributed by atoms with Crippen molar-refractivity contribution in [3.63, 3.8) is 0 Å². The van der Waals surface area contributed by atoms with Crippen molar-refractivity contribution in [1.29, 1.82) is 0 Å². The number of H-pyrrole nitrogens is 2. The summed E-state index contributed by atoms with van der Waals surface area (Å²) < 4.78 is 0. The molecule has 0 fully saturated rings. The molecular formula is C16H14N4S2Zn. The van der Waals surface area contributed by atoms with Gasteiger partial charge in [-0.15, -0.1) is 0 Å². The van der Waals surface area contributed by atoms with Gasteiger partial charge < -0.3 is 35.2 Å². The molecule has 2 heterocycles. The van der Waals surface area contributed by atoms with Crippen molar-refractivity contribution in [3.05, 3.63) is 47.5 Å². The van der Waals surface area contributed by atoms with Gasteiger partial charge in [0, 0.05) is 0 Å². The molecular weight excluding hydrogens is 378 g/mol. The average Bonchev–Trinajstić information content (AvgIpc) is 3.01. The van der Waals surface area contributed by atoms with Crippen LogP contribution in [0.25, 0.3) is 22.1 Å². The number of aromatic nitrogens is 4. The van der Waals surface area contributed by atoms with E-state index in [1.807, 2.05) is 50.2 Å². The summed E-state index contributed by atoms with van der Waals surface area (Å²) in [5, 5.41) is 1.12. The van der Waals surface area contributed by atoms with Gasteiger partial charge in [-0.25, -0.2) is 0 Å². The number of benzene rings is 2. The number of nitrogens with one attached hydrogen (secondary N) is 2. The van der Waals surface area contributed by atoms with Gasteiger partial charge in [-0.1, -0.05) is 18.2 Å². The van der Waals surface area contributed by atoms with E-state index in [2.05, 4.69) is 19.9 Å². The zero-order valence-electron chi connectivity index (χ0n) is 12.9. The van der Waals surface area contributed by atoms with Gasteiger partial charge in [0.25, 0.3) is 0 Å². The van der Waals surface area contributed by atoms with Gasteiger partial charge in [0.15, 0.2) is 0 Å². The van der Waals surface area contributed by atoms with Crippen LogP contribution in [0.2, 0.25) is 0 Å². The number of nitrogens with zero attached hydrogens (tertiary/aromatic N) is 2. The Morgan fingerprint density at radius 1 is 0.870 bits per heavy atom. The van der Waals surface area contributed by atoms with Crippen LogP contribution in [0.5, 0.6) is 0 Å². The molecule has 0 spiro atoms. The maximum absolute atomic E-state index is 4.91. The van der Waals surface area contributed by atoms with Crippen LogP contribution in [0, 0.1) is 13.8 Å². The summed E-state index contributed by atoms with van der Waals surface area (Å²) in [7, 11) is 0. The fraction of sp³-hybridized carbons (Fsp3) is 0.125. The monoisotopic (exact) mass is 390 g/mol. The molecule has 4 rings (SSSR count). The summed E-state index contributed by atoms with van der Waals surface area (Å²) in [6.45, 7) is 4.07. The second-order valence-electron chi connectivity index (χ2n) is 5.08. The Balaban J connectivity index is 0.000000160. The van der Waals surface area contributed by atoms with E-state index >= 15 is 0 Å². The van der Waals surface area contributed by atoms with Crippen LogP contribution in [0.4, 0.5) is 0 Å². The number of hydrogen-bond donors (Lipinski definition) is 2. The van der Waals surface area contributed by atoms with Crippen LogP contribution in [0.1, 0.15) is 11.1 Å². The maximum atomic E-state index is 4.91. The molecule has 4 nitrogen and oxygen atoms in total. The second kappa shape index (κ2) is 7.34. The standard InChI is InChI=1S/2C8H8N2S.Zn/c1-5-2-3-6-7(4-5)10-8(11)9-6;1-5-3-2-4-6-7(5)10-8(11)9-6;/h2*2-4H,1H3,(H2,9,10,11);/q;;+2/p-2. The van der Waals surface area contributed by atoms with E-state index in [1.165, 1.54) is 5.56 Å². The molecule has 0 saturated carbocycles. The maximum Gasteiger partial charge on any atom is 2.00 e. The van der Waals surface area contributed by atoms with Crippen LogP contribution in [-0.4, -0.2) is 19.9 Å². The van der Waals surface area contributed by atoms with E-state index in [-0.39, 0.29) is 19.5 Å². The first-order valence-electron chi connectivity index (χ1n) is 6.78. The number of imidazole rings is 2. The summed E-state index contributed by atoms with van der Waals surface area (Å²) in [6, 6.07) is 12.0. The Hall–Kier alpha value is -1.56. The molecule has 0 saturated heterocycles. The predicted molar refractivity (Wildman–Crippen MR) is 92.9 cm³/mol. The van der Waals surface area contributed by atoms with Crippen LogP contribution in [-0.2, 0) is 44.7 Å². The molecule has 2 aromatic carbocycles. The fourth-order valence-electron chi connectivity index (χ4n) is 2.25. The van der Waals surface area contributed by atoms with Crippen molar-refractivity contribution in [2.45, 2.75) is 24.2 Å². The van der Waals surface area contributed by atoms with Crippen LogP contribution < -0.4 is 0 Å². The molecule has 2 aromatic heterocycles. The molecule has 0 radical (unpaired) electrons. The topological polar surface area (TPSA) is 57.4 Å². The van der Waals surface area contributed by atoms with Crippen molar-refractivity contribution in [3.8, 4) is 0 Å². The number of aromatic amines is 2. The number of rotatable bonds is 0. The Kier molecular flexibility index (Phi) is 5.68. The third-order valence-electron chi connectivity index (χ3n) is 3.31. The Labute approximate surface area is 158 Å². The van der Waals surface area contributed by atoms with Gasteiger partial charge in [0.2, 0.25) is 0 Å². The zero-order valence-corrected chi connectivity index (χ0v) is 17.5. The minimum absolute atomic E-state index is 0. The van der Waals surface area contributed by atoms with Crippen LogP contribution >= 0.6 is 0 Å². The normalized spacial score (nSPS) is 10.2. The summed E-state index contributed by atoms with van der Waals surface area (Å²) in [5.74, 6) is 0. The molecule has 0 amide bonds. The zero-order chi connectivity index (χ0) is 15.7. The van der Waals surface area contributed by atoms with E-state index in [0.29, 0.717) is 10.3 Å². The van der Waals surface area contributed by atoms with Crippen molar-refractivity contribution in [2.24, 2.45) is 0 Å². The summed E-state index contributed by atoms with van der Waals surface area (Å²) >= 11 is 9.80. The summed E-state index contributed by atoms with van der Waals surface area (Å²) in [6.07, 6.45) is 0. The molecule has 2 N–H and O–H groups in total. The van der Waals surface area contributed by atoms with Gasteiger partial charge in [-0.2, -0.15) is 0 Å². The molecule has 7 heteroatoms. The Morgan fingerprint density at radius 2 is 1.57 bits per heavy atom.